The van der Waals surface area contributed by atoms with E-state index in [4.69, 9.17) is 9.73 Å². The standard InChI is InChI=1S/C23H37N3O2S.HI/c1-2-24-23(25-14-17-29(27)19-21-10-4-3-5-11-21)26-15-12-22(13-16-26)28-18-20-8-6-7-9-20;/h3-5,10-11,20,22H,2,6-9,12-19H2,1H3,(H,24,25);1H. The molecule has 7 heteroatoms. The van der Waals surface area contributed by atoms with Gasteiger partial charge in [-0.05, 0) is 44.1 Å². The van der Waals surface area contributed by atoms with Gasteiger partial charge in [-0.25, -0.2) is 0 Å². The van der Waals surface area contributed by atoms with Crippen LogP contribution in [0.5, 0.6) is 0 Å². The SMILES string of the molecule is CCNC(=NCCS(=O)Cc1ccccc1)N1CCC(OCC2CCCC2)CC1.I. The minimum atomic E-state index is -0.880. The summed E-state index contributed by atoms with van der Waals surface area (Å²) in [6.45, 7) is 6.46. The molecule has 5 nitrogen and oxygen atoms in total. The molecule has 0 amide bonds. The monoisotopic (exact) mass is 547 g/mol. The molecule has 1 heterocycles. The van der Waals surface area contributed by atoms with Gasteiger partial charge in [-0.2, -0.15) is 0 Å². The van der Waals surface area contributed by atoms with Gasteiger partial charge in [0.15, 0.2) is 5.96 Å². The largest absolute Gasteiger partial charge is 0.378 e. The highest BCUT2D eigenvalue weighted by Gasteiger charge is 2.23. The number of likely N-dealkylation sites (tertiary alicyclic amines) is 1. The van der Waals surface area contributed by atoms with Gasteiger partial charge in [-0.1, -0.05) is 43.2 Å². The maximum Gasteiger partial charge on any atom is 0.193 e. The van der Waals surface area contributed by atoms with E-state index in [1.807, 2.05) is 30.3 Å². The molecule has 170 valence electrons. The summed E-state index contributed by atoms with van der Waals surface area (Å²) in [7, 11) is -0.880. The number of nitrogens with one attached hydrogen (secondary N) is 1. The van der Waals surface area contributed by atoms with Crippen molar-refractivity contribution < 1.29 is 8.95 Å². The van der Waals surface area contributed by atoms with Crippen molar-refractivity contribution >= 4 is 40.7 Å². The van der Waals surface area contributed by atoms with Gasteiger partial charge >= 0.3 is 0 Å². The summed E-state index contributed by atoms with van der Waals surface area (Å²) in [6.07, 6.45) is 7.99. The third-order valence-electron chi connectivity index (χ3n) is 5.87. The minimum Gasteiger partial charge on any atom is -0.378 e. The van der Waals surface area contributed by atoms with E-state index in [9.17, 15) is 4.21 Å². The highest BCUT2D eigenvalue weighted by molar-refractivity contribution is 14.0. The van der Waals surface area contributed by atoms with Crippen molar-refractivity contribution in [2.24, 2.45) is 10.9 Å². The van der Waals surface area contributed by atoms with Crippen LogP contribution in [0.1, 0.15) is 51.0 Å². The molecule has 1 aromatic rings. The first kappa shape index (κ1) is 25.6. The van der Waals surface area contributed by atoms with E-state index < -0.39 is 10.8 Å². The number of benzene rings is 1. The molecular formula is C23H38IN3O2S. The number of aliphatic imine (C=N–C) groups is 1. The number of halogens is 1. The molecule has 2 fully saturated rings. The Morgan fingerprint density at radius 1 is 1.17 bits per heavy atom. The second-order valence-corrected chi connectivity index (χ2v) is 9.76. The van der Waals surface area contributed by atoms with Gasteiger partial charge < -0.3 is 15.0 Å². The highest BCUT2D eigenvalue weighted by Crippen LogP contribution is 2.26. The van der Waals surface area contributed by atoms with Crippen LogP contribution in [0.2, 0.25) is 0 Å². The van der Waals surface area contributed by atoms with E-state index in [2.05, 4.69) is 17.1 Å². The fourth-order valence-corrected chi connectivity index (χ4v) is 5.20. The van der Waals surface area contributed by atoms with Crippen LogP contribution in [-0.4, -0.2) is 59.7 Å². The zero-order valence-corrected chi connectivity index (χ0v) is 21.4. The lowest BCUT2D eigenvalue weighted by Gasteiger charge is -2.34. The first-order valence-corrected chi connectivity index (χ1v) is 12.8. The molecule has 1 aliphatic carbocycles. The fraction of sp³-hybridized carbons (Fsp3) is 0.696. The summed E-state index contributed by atoms with van der Waals surface area (Å²) >= 11 is 0. The maximum absolute atomic E-state index is 12.3. The van der Waals surface area contributed by atoms with Crippen molar-refractivity contribution in [2.75, 3.05) is 38.5 Å². The van der Waals surface area contributed by atoms with E-state index >= 15 is 0 Å². The van der Waals surface area contributed by atoms with E-state index in [-0.39, 0.29) is 24.0 Å². The Morgan fingerprint density at radius 3 is 2.53 bits per heavy atom. The van der Waals surface area contributed by atoms with Crippen LogP contribution in [-0.2, 0) is 21.3 Å². The Morgan fingerprint density at radius 2 is 1.87 bits per heavy atom. The first-order chi connectivity index (χ1) is 14.2. The summed E-state index contributed by atoms with van der Waals surface area (Å²) in [5, 5.41) is 3.40. The van der Waals surface area contributed by atoms with Crippen LogP contribution in [0.4, 0.5) is 0 Å². The topological polar surface area (TPSA) is 53.9 Å². The molecule has 0 aromatic heterocycles. The van der Waals surface area contributed by atoms with Crippen molar-refractivity contribution in [2.45, 2.75) is 57.3 Å². The van der Waals surface area contributed by atoms with Gasteiger partial charge in [0.1, 0.15) is 0 Å². The molecule has 1 aromatic carbocycles. The van der Waals surface area contributed by atoms with E-state index in [0.717, 1.165) is 56.5 Å². The van der Waals surface area contributed by atoms with Crippen LogP contribution < -0.4 is 5.32 Å². The Labute approximate surface area is 201 Å². The van der Waals surface area contributed by atoms with E-state index in [0.29, 0.717) is 24.2 Å². The van der Waals surface area contributed by atoms with Crippen LogP contribution in [0.15, 0.2) is 35.3 Å². The number of ether oxygens (including phenoxy) is 1. The smallest absolute Gasteiger partial charge is 0.193 e. The molecule has 30 heavy (non-hydrogen) atoms. The number of hydrogen-bond donors (Lipinski definition) is 1. The second kappa shape index (κ2) is 14.4. The highest BCUT2D eigenvalue weighted by atomic mass is 127. The Bertz CT molecular complexity index is 645. The predicted molar refractivity (Wildman–Crippen MR) is 137 cm³/mol. The molecule has 1 aliphatic heterocycles. The third kappa shape index (κ3) is 8.83. The summed E-state index contributed by atoms with van der Waals surface area (Å²) in [5.41, 5.74) is 1.13. The molecule has 2 aliphatic rings. The van der Waals surface area contributed by atoms with Crippen molar-refractivity contribution in [3.8, 4) is 0 Å². The molecule has 1 saturated carbocycles. The predicted octanol–water partition coefficient (Wildman–Crippen LogP) is 4.19. The lowest BCUT2D eigenvalue weighted by Crippen LogP contribution is -2.47. The summed E-state index contributed by atoms with van der Waals surface area (Å²) in [6, 6.07) is 10.0. The lowest BCUT2D eigenvalue weighted by molar-refractivity contribution is 0.00102. The quantitative estimate of drug-likeness (QED) is 0.286. The molecule has 0 spiro atoms. The van der Waals surface area contributed by atoms with E-state index in [1.54, 1.807) is 0 Å². The van der Waals surface area contributed by atoms with Crippen molar-refractivity contribution in [3.05, 3.63) is 35.9 Å². The normalized spacial score (nSPS) is 19.5. The van der Waals surface area contributed by atoms with Gasteiger partial charge in [0.05, 0.1) is 12.6 Å². The zero-order chi connectivity index (χ0) is 20.3. The van der Waals surface area contributed by atoms with Crippen LogP contribution in [0.25, 0.3) is 0 Å². The minimum absolute atomic E-state index is 0. The first-order valence-electron chi connectivity index (χ1n) is 11.3. The lowest BCUT2D eigenvalue weighted by atomic mass is 10.1. The molecule has 1 unspecified atom stereocenters. The fourth-order valence-electron chi connectivity index (χ4n) is 4.19. The Kier molecular flexibility index (Phi) is 12.3. The van der Waals surface area contributed by atoms with Crippen molar-refractivity contribution in [1.29, 1.82) is 0 Å². The number of guanidine groups is 1. The number of rotatable bonds is 9. The van der Waals surface area contributed by atoms with Gasteiger partial charge in [0, 0.05) is 48.5 Å². The molecule has 0 bridgehead atoms. The molecule has 0 radical (unpaired) electrons. The second-order valence-electron chi connectivity index (χ2n) is 8.18. The Hall–Kier alpha value is -0.670. The average molecular weight is 548 g/mol. The number of hydrogen-bond acceptors (Lipinski definition) is 3. The van der Waals surface area contributed by atoms with Crippen molar-refractivity contribution in [3.63, 3.8) is 0 Å². The van der Waals surface area contributed by atoms with Gasteiger partial charge in [0.25, 0.3) is 0 Å². The zero-order valence-electron chi connectivity index (χ0n) is 18.3. The molecule has 1 atom stereocenters. The molecule has 3 rings (SSSR count). The Balaban J connectivity index is 0.00000320. The van der Waals surface area contributed by atoms with Crippen molar-refractivity contribution in [1.82, 2.24) is 10.2 Å². The van der Waals surface area contributed by atoms with E-state index in [1.165, 1.54) is 25.7 Å². The van der Waals surface area contributed by atoms with Gasteiger partial charge in [0.2, 0.25) is 0 Å². The molecule has 1 N–H and O–H groups in total. The van der Waals surface area contributed by atoms with Crippen LogP contribution in [0, 0.1) is 5.92 Å². The maximum atomic E-state index is 12.3. The summed E-state index contributed by atoms with van der Waals surface area (Å²) in [5.74, 6) is 2.96. The average Bonchev–Trinajstić information content (AvgIpc) is 3.26. The van der Waals surface area contributed by atoms with Gasteiger partial charge in [-0.15, -0.1) is 24.0 Å². The summed E-state index contributed by atoms with van der Waals surface area (Å²) in [4.78, 5) is 7.08. The molecule has 1 saturated heterocycles. The third-order valence-corrected chi connectivity index (χ3v) is 7.16. The van der Waals surface area contributed by atoms with Crippen LogP contribution in [0.3, 0.4) is 0 Å². The molecular weight excluding hydrogens is 509 g/mol. The number of nitrogens with zero attached hydrogens (tertiary/aromatic N) is 2. The summed E-state index contributed by atoms with van der Waals surface area (Å²) < 4.78 is 18.5. The van der Waals surface area contributed by atoms with Gasteiger partial charge in [-0.3, -0.25) is 9.20 Å². The number of piperidine rings is 1. The van der Waals surface area contributed by atoms with Crippen LogP contribution >= 0.6 is 24.0 Å².